The molecule has 17 heteroatoms. The molecule has 46 heavy (non-hydrogen) atoms. The first kappa shape index (κ1) is 34.1. The van der Waals surface area contributed by atoms with Crippen LogP contribution in [0.5, 0.6) is 5.75 Å². The minimum atomic E-state index is -5.87. The minimum Gasteiger partial charge on any atom is -0.486 e. The molecule has 0 spiro atoms. The molecule has 0 radical (unpaired) electrons. The highest BCUT2D eigenvalue weighted by molar-refractivity contribution is 6.38. The van der Waals surface area contributed by atoms with Gasteiger partial charge in [-0.1, -0.05) is 29.3 Å². The second-order valence-corrected chi connectivity index (χ2v) is 10.4. The number of alkyl halides is 5. The number of imidazole rings is 1. The molecule has 0 fully saturated rings. The summed E-state index contributed by atoms with van der Waals surface area (Å²) >= 11 is 12.8. The van der Waals surface area contributed by atoms with Crippen molar-refractivity contribution in [3.8, 4) is 5.75 Å². The second kappa shape index (κ2) is 13.7. The number of aromatic nitrogens is 3. The molecule has 2 heterocycles. The zero-order valence-electron chi connectivity index (χ0n) is 23.8. The number of H-pyrrole nitrogens is 1. The van der Waals surface area contributed by atoms with Gasteiger partial charge in [0, 0.05) is 36.8 Å². The first-order valence-electron chi connectivity index (χ1n) is 13.1. The first-order chi connectivity index (χ1) is 21.6. The van der Waals surface area contributed by atoms with Crippen molar-refractivity contribution in [1.29, 1.82) is 0 Å². The Morgan fingerprint density at radius 2 is 1.80 bits per heavy atom. The summed E-state index contributed by atoms with van der Waals surface area (Å²) in [6, 6.07) is 9.99. The predicted octanol–water partition coefficient (Wildman–Crippen LogP) is 6.25. The van der Waals surface area contributed by atoms with Crippen LogP contribution in [0.2, 0.25) is 10.0 Å². The lowest BCUT2D eigenvalue weighted by atomic mass is 10.2. The van der Waals surface area contributed by atoms with E-state index < -0.39 is 36.3 Å². The van der Waals surface area contributed by atoms with Gasteiger partial charge in [0.15, 0.2) is 5.82 Å². The van der Waals surface area contributed by atoms with Crippen LogP contribution in [0.25, 0.3) is 17.1 Å². The van der Waals surface area contributed by atoms with Crippen LogP contribution in [0.4, 0.5) is 33.5 Å². The van der Waals surface area contributed by atoms with Crippen LogP contribution in [0, 0.1) is 0 Å². The third-order valence-electron chi connectivity index (χ3n) is 6.33. The van der Waals surface area contributed by atoms with Gasteiger partial charge >= 0.3 is 12.1 Å². The molecule has 4 aromatic rings. The third-order valence-corrected chi connectivity index (χ3v) is 7.11. The Morgan fingerprint density at radius 3 is 2.46 bits per heavy atom. The number of aromatic amines is 1. The van der Waals surface area contributed by atoms with Crippen LogP contribution in [-0.2, 0) is 26.9 Å². The van der Waals surface area contributed by atoms with Gasteiger partial charge in [-0.3, -0.25) is 14.4 Å². The molecule has 2 aromatic carbocycles. The van der Waals surface area contributed by atoms with Gasteiger partial charge in [0.1, 0.15) is 23.7 Å². The quantitative estimate of drug-likeness (QED) is 0.134. The van der Waals surface area contributed by atoms with Crippen molar-refractivity contribution in [1.82, 2.24) is 20.3 Å². The van der Waals surface area contributed by atoms with Crippen molar-refractivity contribution in [3.63, 3.8) is 0 Å². The summed E-state index contributed by atoms with van der Waals surface area (Å²) in [5, 5.41) is 5.07. The number of rotatable bonds is 10. The number of benzene rings is 2. The zero-order valence-corrected chi connectivity index (χ0v) is 25.3. The number of hydrogen-bond acceptors (Lipinski definition) is 6. The molecule has 3 amide bonds. The molecule has 0 unspecified atom stereocenters. The fourth-order valence-electron chi connectivity index (χ4n) is 3.94. The van der Waals surface area contributed by atoms with E-state index in [-0.39, 0.29) is 50.6 Å². The maximum atomic E-state index is 13.9. The molecule has 0 saturated carbocycles. The summed E-state index contributed by atoms with van der Waals surface area (Å²) in [6.45, 7) is 0.569. The largest absolute Gasteiger partial charge is 0.486 e. The van der Waals surface area contributed by atoms with Crippen molar-refractivity contribution < 1.29 is 41.1 Å². The van der Waals surface area contributed by atoms with Crippen LogP contribution in [-0.4, -0.2) is 52.4 Å². The van der Waals surface area contributed by atoms with Crippen molar-refractivity contribution in [2.24, 2.45) is 0 Å². The monoisotopic (exact) mass is 684 g/mol. The fourth-order valence-corrected chi connectivity index (χ4v) is 4.54. The number of ether oxygens (including phenoxy) is 1. The van der Waals surface area contributed by atoms with Crippen molar-refractivity contribution >= 4 is 69.5 Å². The Morgan fingerprint density at radius 1 is 1.07 bits per heavy atom. The van der Waals surface area contributed by atoms with E-state index in [1.165, 1.54) is 62.7 Å². The summed E-state index contributed by atoms with van der Waals surface area (Å²) < 4.78 is 72.0. The maximum absolute atomic E-state index is 13.9. The molecule has 0 saturated heterocycles. The van der Waals surface area contributed by atoms with Crippen LogP contribution in [0.1, 0.15) is 23.9 Å². The minimum absolute atomic E-state index is 0.0109. The molecule has 0 aliphatic rings. The topological polar surface area (TPSA) is 129 Å². The number of nitrogens with one attached hydrogen (secondary N) is 3. The average molecular weight is 685 g/mol. The smallest absolute Gasteiger partial charge is 0.461 e. The number of anilines is 2. The van der Waals surface area contributed by atoms with Gasteiger partial charge < -0.3 is 25.3 Å². The molecular formula is C29H23Cl2F5N6O4. The van der Waals surface area contributed by atoms with Gasteiger partial charge in [0.25, 0.3) is 0 Å². The zero-order chi connectivity index (χ0) is 33.8. The second-order valence-electron chi connectivity index (χ2n) is 9.62. The number of likely N-dealkylation sites (N-methyl/N-ethyl adjacent to an activating group) is 1. The van der Waals surface area contributed by atoms with Crippen molar-refractivity contribution in [2.75, 3.05) is 23.8 Å². The molecular weight excluding hydrogens is 662 g/mol. The average Bonchev–Trinajstić information content (AvgIpc) is 3.44. The SMILES string of the molecule is CC(=O)Nc1ccc(C=CC(=O)NCC(=O)N(C)c2ccc(Cl)c(COc3cccc4[nH]c(C(F)(F)C(F)(F)F)nc34)c2Cl)cn1. The number of nitrogens with zero attached hydrogens (tertiary/aromatic N) is 3. The predicted molar refractivity (Wildman–Crippen MR) is 161 cm³/mol. The summed E-state index contributed by atoms with van der Waals surface area (Å²) in [5.41, 5.74) is 0.536. The van der Waals surface area contributed by atoms with Crippen LogP contribution >= 0.6 is 23.2 Å². The summed E-state index contributed by atoms with van der Waals surface area (Å²) in [6.07, 6.45) is -1.77. The lowest BCUT2D eigenvalue weighted by Crippen LogP contribution is -2.37. The number of amides is 3. The van der Waals surface area contributed by atoms with Gasteiger partial charge in [-0.05, 0) is 48.0 Å². The number of pyridine rings is 1. The highest BCUT2D eigenvalue weighted by Gasteiger charge is 2.61. The Labute approximate surface area is 267 Å². The number of carbonyl (C=O) groups is 3. The maximum Gasteiger partial charge on any atom is 0.461 e. The Bertz CT molecular complexity index is 1810. The van der Waals surface area contributed by atoms with E-state index in [4.69, 9.17) is 27.9 Å². The molecule has 0 aliphatic heterocycles. The highest BCUT2D eigenvalue weighted by Crippen LogP contribution is 2.43. The number of hydrogen-bond donors (Lipinski definition) is 3. The highest BCUT2D eigenvalue weighted by atomic mass is 35.5. The molecule has 2 aromatic heterocycles. The van der Waals surface area contributed by atoms with Crippen LogP contribution < -0.4 is 20.3 Å². The summed E-state index contributed by atoms with van der Waals surface area (Å²) in [7, 11) is 1.40. The Hall–Kier alpha value is -4.76. The molecule has 3 N–H and O–H groups in total. The number of halogens is 7. The van der Waals surface area contributed by atoms with Gasteiger partial charge in [0.05, 0.1) is 22.8 Å². The number of carbonyl (C=O) groups excluding carboxylic acids is 3. The molecule has 4 rings (SSSR count). The van der Waals surface area contributed by atoms with Gasteiger partial charge in [-0.25, -0.2) is 9.97 Å². The Balaban J connectivity index is 1.42. The standard InChI is InChI=1S/C29H23Cl2F5N6O4/c1-15(43)39-22-10-6-16(12-37-22)7-11-23(44)38-13-24(45)42(2)20-9-8-18(30)17(25(20)31)14-46-21-5-3-4-19-26(21)41-27(40-19)28(32,33)29(34,35)36/h3-12H,13-14H2,1-2H3,(H,38,44)(H,40,41)(H,37,39,43). The van der Waals surface area contributed by atoms with Crippen LogP contribution in [0.15, 0.2) is 54.7 Å². The van der Waals surface area contributed by atoms with Crippen molar-refractivity contribution in [2.45, 2.75) is 25.6 Å². The molecule has 10 nitrogen and oxygen atoms in total. The van der Waals surface area contributed by atoms with E-state index >= 15 is 0 Å². The third kappa shape index (κ3) is 7.72. The normalized spacial score (nSPS) is 11.9. The molecule has 0 atom stereocenters. The van der Waals surface area contributed by atoms with E-state index in [1.807, 2.05) is 4.98 Å². The van der Waals surface area contributed by atoms with Crippen molar-refractivity contribution in [3.05, 3.63) is 81.7 Å². The lowest BCUT2D eigenvalue weighted by molar-refractivity contribution is -0.292. The van der Waals surface area contributed by atoms with E-state index in [2.05, 4.69) is 20.6 Å². The number of fused-ring (bicyclic) bond motifs is 1. The summed E-state index contributed by atoms with van der Waals surface area (Å²) in [5.74, 6) is -8.02. The first-order valence-corrected chi connectivity index (χ1v) is 13.8. The van der Waals surface area contributed by atoms with Gasteiger partial charge in [0.2, 0.25) is 17.7 Å². The number of para-hydroxylation sites is 1. The van der Waals surface area contributed by atoms with E-state index in [0.717, 1.165) is 4.90 Å². The van der Waals surface area contributed by atoms with E-state index in [1.54, 1.807) is 12.1 Å². The van der Waals surface area contributed by atoms with Crippen LogP contribution in [0.3, 0.4) is 0 Å². The van der Waals surface area contributed by atoms with E-state index in [0.29, 0.717) is 11.4 Å². The lowest BCUT2D eigenvalue weighted by Gasteiger charge is -2.21. The van der Waals surface area contributed by atoms with Gasteiger partial charge in [-0.2, -0.15) is 22.0 Å². The molecule has 242 valence electrons. The Kier molecular flexibility index (Phi) is 10.2. The molecule has 0 aliphatic carbocycles. The molecule has 0 bridgehead atoms. The summed E-state index contributed by atoms with van der Waals surface area (Å²) in [4.78, 5) is 46.8. The van der Waals surface area contributed by atoms with E-state index in [9.17, 15) is 36.3 Å². The van der Waals surface area contributed by atoms with Gasteiger partial charge in [-0.15, -0.1) is 0 Å². The fraction of sp³-hybridized carbons (Fsp3) is 0.207.